The summed E-state index contributed by atoms with van der Waals surface area (Å²) in [5, 5.41) is 9.14. The molecule has 0 radical (unpaired) electrons. The Morgan fingerprint density at radius 1 is 1.16 bits per heavy atom. The van der Waals surface area contributed by atoms with Crippen LogP contribution in [0.1, 0.15) is 21.8 Å². The molecule has 0 amide bonds. The van der Waals surface area contributed by atoms with Gasteiger partial charge in [-0.3, -0.25) is 4.79 Å². The zero-order valence-electron chi connectivity index (χ0n) is 9.81. The lowest BCUT2D eigenvalue weighted by atomic mass is 9.91. The minimum atomic E-state index is -1.12. The van der Waals surface area contributed by atoms with Gasteiger partial charge in [0.15, 0.2) is 5.78 Å². The molecule has 94 valence electrons. The molecule has 0 saturated heterocycles. The molecule has 0 N–H and O–H groups in total. The molecule has 0 aliphatic heterocycles. The summed E-state index contributed by atoms with van der Waals surface area (Å²) >= 11 is 3.27. The van der Waals surface area contributed by atoms with Crippen LogP contribution in [0.25, 0.3) is 0 Å². The van der Waals surface area contributed by atoms with Crippen molar-refractivity contribution in [3.63, 3.8) is 0 Å². The van der Waals surface area contributed by atoms with Crippen LogP contribution in [0, 0.1) is 17.1 Å². The number of carbonyl (C=O) groups excluding carboxylic acids is 1. The highest BCUT2D eigenvalue weighted by Crippen LogP contribution is 2.23. The van der Waals surface area contributed by atoms with Gasteiger partial charge in [0.05, 0.1) is 6.07 Å². The molecule has 0 spiro atoms. The van der Waals surface area contributed by atoms with E-state index >= 15 is 0 Å². The predicted octanol–water partition coefficient (Wildman–Crippen LogP) is 4.08. The number of carbonyl (C=O) groups is 1. The second-order valence-electron chi connectivity index (χ2n) is 3.95. The van der Waals surface area contributed by atoms with Crippen molar-refractivity contribution in [3.05, 3.63) is 69.9 Å². The summed E-state index contributed by atoms with van der Waals surface area (Å²) in [6.07, 6.45) is 0. The summed E-state index contributed by atoms with van der Waals surface area (Å²) in [6.45, 7) is 0. The molecule has 0 aromatic heterocycles. The van der Waals surface area contributed by atoms with E-state index in [0.717, 1.165) is 4.47 Å². The van der Waals surface area contributed by atoms with Crippen LogP contribution < -0.4 is 0 Å². The fourth-order valence-electron chi connectivity index (χ4n) is 1.76. The van der Waals surface area contributed by atoms with E-state index in [-0.39, 0.29) is 5.56 Å². The number of Topliss-reactive ketones (excluding diaryl/α,β-unsaturated/α-hetero) is 1. The van der Waals surface area contributed by atoms with Gasteiger partial charge in [-0.15, -0.1) is 0 Å². The van der Waals surface area contributed by atoms with Gasteiger partial charge in [0.1, 0.15) is 11.7 Å². The van der Waals surface area contributed by atoms with Crippen LogP contribution in [-0.2, 0) is 0 Å². The molecule has 19 heavy (non-hydrogen) atoms. The Morgan fingerprint density at radius 3 is 2.37 bits per heavy atom. The largest absolute Gasteiger partial charge is 0.292 e. The van der Waals surface area contributed by atoms with E-state index in [1.54, 1.807) is 30.3 Å². The number of nitriles is 1. The number of hydrogen-bond donors (Lipinski definition) is 0. The van der Waals surface area contributed by atoms with E-state index in [4.69, 9.17) is 5.26 Å². The molecule has 2 rings (SSSR count). The van der Waals surface area contributed by atoms with E-state index in [1.807, 2.05) is 6.07 Å². The van der Waals surface area contributed by atoms with Crippen LogP contribution in [0.3, 0.4) is 0 Å². The van der Waals surface area contributed by atoms with Crippen LogP contribution >= 0.6 is 15.9 Å². The maximum absolute atomic E-state index is 13.7. The fourth-order valence-corrected chi connectivity index (χ4v) is 2.02. The first-order valence-electron chi connectivity index (χ1n) is 5.57. The third-order valence-electron chi connectivity index (χ3n) is 2.74. The fraction of sp³-hybridized carbons (Fsp3) is 0.0667. The molecule has 1 atom stereocenters. The Kier molecular flexibility index (Phi) is 4.08. The van der Waals surface area contributed by atoms with Crippen molar-refractivity contribution in [2.24, 2.45) is 0 Å². The zero-order valence-corrected chi connectivity index (χ0v) is 11.4. The average molecular weight is 318 g/mol. The summed E-state index contributed by atoms with van der Waals surface area (Å²) in [4.78, 5) is 12.2. The van der Waals surface area contributed by atoms with E-state index < -0.39 is 17.5 Å². The summed E-state index contributed by atoms with van der Waals surface area (Å²) in [7, 11) is 0. The quantitative estimate of drug-likeness (QED) is 0.800. The van der Waals surface area contributed by atoms with E-state index in [1.165, 1.54) is 18.2 Å². The first-order valence-corrected chi connectivity index (χ1v) is 6.36. The molecule has 0 fully saturated rings. The Balaban J connectivity index is 2.38. The van der Waals surface area contributed by atoms with Crippen LogP contribution in [0.4, 0.5) is 4.39 Å². The second-order valence-corrected chi connectivity index (χ2v) is 4.87. The molecular weight excluding hydrogens is 309 g/mol. The average Bonchev–Trinajstić information content (AvgIpc) is 2.42. The van der Waals surface area contributed by atoms with E-state index in [0.29, 0.717) is 5.56 Å². The van der Waals surface area contributed by atoms with E-state index in [2.05, 4.69) is 15.9 Å². The van der Waals surface area contributed by atoms with Gasteiger partial charge in [0.25, 0.3) is 0 Å². The standard InChI is InChI=1S/C15H9BrFNO/c16-11-7-5-10(6-8-11)15(19)13(9-18)12-3-1-2-4-14(12)17/h1-8,13H. The topological polar surface area (TPSA) is 40.9 Å². The molecule has 0 heterocycles. The molecule has 0 bridgehead atoms. The molecular formula is C15H9BrFNO. The third-order valence-corrected chi connectivity index (χ3v) is 3.26. The number of hydrogen-bond acceptors (Lipinski definition) is 2. The van der Waals surface area contributed by atoms with Crippen molar-refractivity contribution in [1.29, 1.82) is 5.26 Å². The zero-order chi connectivity index (χ0) is 13.8. The van der Waals surface area contributed by atoms with Crippen LogP contribution in [0.15, 0.2) is 53.0 Å². The maximum Gasteiger partial charge on any atom is 0.184 e. The molecule has 2 aromatic carbocycles. The highest BCUT2D eigenvalue weighted by molar-refractivity contribution is 9.10. The Hall–Kier alpha value is -1.99. The number of benzene rings is 2. The first kappa shape index (κ1) is 13.4. The molecule has 0 aliphatic rings. The SMILES string of the molecule is N#CC(C(=O)c1ccc(Br)cc1)c1ccccc1F. The molecule has 0 aliphatic carbocycles. The minimum Gasteiger partial charge on any atom is -0.292 e. The van der Waals surface area contributed by atoms with Crippen molar-refractivity contribution in [3.8, 4) is 6.07 Å². The summed E-state index contributed by atoms with van der Waals surface area (Å²) in [5.74, 6) is -2.07. The Labute approximate surface area is 118 Å². The monoisotopic (exact) mass is 317 g/mol. The highest BCUT2D eigenvalue weighted by Gasteiger charge is 2.24. The normalized spacial score (nSPS) is 11.6. The van der Waals surface area contributed by atoms with Crippen molar-refractivity contribution in [1.82, 2.24) is 0 Å². The van der Waals surface area contributed by atoms with Gasteiger partial charge in [-0.2, -0.15) is 5.26 Å². The van der Waals surface area contributed by atoms with Gasteiger partial charge in [-0.1, -0.05) is 46.3 Å². The van der Waals surface area contributed by atoms with Crippen LogP contribution in [-0.4, -0.2) is 5.78 Å². The summed E-state index contributed by atoms with van der Waals surface area (Å²) in [6, 6.07) is 14.3. The Morgan fingerprint density at radius 2 is 1.79 bits per heavy atom. The molecule has 2 nitrogen and oxygen atoms in total. The second kappa shape index (κ2) is 5.77. The minimum absolute atomic E-state index is 0.109. The van der Waals surface area contributed by atoms with Gasteiger partial charge in [0, 0.05) is 15.6 Å². The van der Waals surface area contributed by atoms with Gasteiger partial charge in [-0.05, 0) is 18.2 Å². The van der Waals surface area contributed by atoms with Crippen molar-refractivity contribution >= 4 is 21.7 Å². The number of halogens is 2. The molecule has 1 unspecified atom stereocenters. The van der Waals surface area contributed by atoms with Crippen LogP contribution in [0.5, 0.6) is 0 Å². The van der Waals surface area contributed by atoms with Gasteiger partial charge < -0.3 is 0 Å². The number of ketones is 1. The first-order chi connectivity index (χ1) is 9.13. The lowest BCUT2D eigenvalue weighted by molar-refractivity contribution is 0.0977. The summed E-state index contributed by atoms with van der Waals surface area (Å²) < 4.78 is 14.5. The maximum atomic E-state index is 13.7. The van der Waals surface area contributed by atoms with E-state index in [9.17, 15) is 9.18 Å². The van der Waals surface area contributed by atoms with Gasteiger partial charge in [0.2, 0.25) is 0 Å². The van der Waals surface area contributed by atoms with Crippen molar-refractivity contribution in [2.45, 2.75) is 5.92 Å². The Bertz CT molecular complexity index is 646. The smallest absolute Gasteiger partial charge is 0.184 e. The van der Waals surface area contributed by atoms with Crippen molar-refractivity contribution in [2.75, 3.05) is 0 Å². The number of nitrogens with zero attached hydrogens (tertiary/aromatic N) is 1. The molecule has 2 aromatic rings. The number of rotatable bonds is 3. The van der Waals surface area contributed by atoms with Gasteiger partial charge >= 0.3 is 0 Å². The lowest BCUT2D eigenvalue weighted by Gasteiger charge is -2.09. The third kappa shape index (κ3) is 2.88. The summed E-state index contributed by atoms with van der Waals surface area (Å²) in [5.41, 5.74) is 0.496. The van der Waals surface area contributed by atoms with Crippen molar-refractivity contribution < 1.29 is 9.18 Å². The molecule has 0 saturated carbocycles. The van der Waals surface area contributed by atoms with Crippen LogP contribution in [0.2, 0.25) is 0 Å². The van der Waals surface area contributed by atoms with Gasteiger partial charge in [-0.25, -0.2) is 4.39 Å². The molecule has 4 heteroatoms. The highest BCUT2D eigenvalue weighted by atomic mass is 79.9. The predicted molar refractivity (Wildman–Crippen MR) is 73.2 cm³/mol. The lowest BCUT2D eigenvalue weighted by Crippen LogP contribution is -2.12.